The van der Waals surface area contributed by atoms with Crippen LogP contribution < -0.4 is 11.1 Å². The number of anilines is 1. The molecular formula is C16H20N4O2. The molecule has 0 aliphatic rings. The molecule has 1 heterocycles. The lowest BCUT2D eigenvalue weighted by atomic mass is 10.1. The van der Waals surface area contributed by atoms with E-state index in [1.807, 2.05) is 31.2 Å². The number of methoxy groups -OCH3 is 1. The van der Waals surface area contributed by atoms with Gasteiger partial charge in [0.1, 0.15) is 5.82 Å². The van der Waals surface area contributed by atoms with Gasteiger partial charge in [0.2, 0.25) is 0 Å². The minimum Gasteiger partial charge on any atom is -0.385 e. The predicted octanol–water partition coefficient (Wildman–Crippen LogP) is 1.80. The zero-order chi connectivity index (χ0) is 15.9. The second kappa shape index (κ2) is 7.51. The number of hydrogen-bond donors (Lipinski definition) is 2. The summed E-state index contributed by atoms with van der Waals surface area (Å²) >= 11 is 0. The average molecular weight is 300 g/mol. The van der Waals surface area contributed by atoms with E-state index in [0.29, 0.717) is 19.0 Å². The molecule has 0 aliphatic carbocycles. The number of aryl methyl sites for hydroxylation is 1. The Morgan fingerprint density at radius 3 is 2.68 bits per heavy atom. The average Bonchev–Trinajstić information content (AvgIpc) is 2.52. The smallest absolute Gasteiger partial charge is 0.256 e. The Balaban J connectivity index is 2.09. The number of benzene rings is 1. The van der Waals surface area contributed by atoms with Crippen molar-refractivity contribution < 1.29 is 9.53 Å². The lowest BCUT2D eigenvalue weighted by molar-refractivity contribution is 0.0949. The van der Waals surface area contributed by atoms with Gasteiger partial charge in [-0.15, -0.1) is 0 Å². The van der Waals surface area contributed by atoms with Gasteiger partial charge in [0.05, 0.1) is 5.56 Å². The molecule has 2 rings (SSSR count). The Kier molecular flexibility index (Phi) is 5.43. The first kappa shape index (κ1) is 15.9. The Hall–Kier alpha value is -2.47. The summed E-state index contributed by atoms with van der Waals surface area (Å²) in [4.78, 5) is 20.5. The molecule has 2 aromatic rings. The lowest BCUT2D eigenvalue weighted by Gasteiger charge is -2.08. The van der Waals surface area contributed by atoms with E-state index in [-0.39, 0.29) is 17.3 Å². The standard InChI is InChI=1S/C16H20N4O2/c1-11-4-6-12(7-5-11)15-19-10-13(14(17)20-15)16(21)18-8-3-9-22-2/h4-7,10H,3,8-9H2,1-2H3,(H,18,21)(H2,17,19,20). The van der Waals surface area contributed by atoms with Crippen molar-refractivity contribution in [3.8, 4) is 11.4 Å². The van der Waals surface area contributed by atoms with E-state index < -0.39 is 0 Å². The summed E-state index contributed by atoms with van der Waals surface area (Å²) in [6, 6.07) is 7.81. The number of nitrogens with one attached hydrogen (secondary N) is 1. The van der Waals surface area contributed by atoms with Crippen molar-refractivity contribution in [3.05, 3.63) is 41.6 Å². The number of carbonyl (C=O) groups excluding carboxylic acids is 1. The van der Waals surface area contributed by atoms with Crippen LogP contribution in [0, 0.1) is 6.92 Å². The van der Waals surface area contributed by atoms with Gasteiger partial charge in [-0.3, -0.25) is 4.79 Å². The number of amides is 1. The molecule has 116 valence electrons. The van der Waals surface area contributed by atoms with E-state index in [1.165, 1.54) is 6.20 Å². The molecule has 0 spiro atoms. The summed E-state index contributed by atoms with van der Waals surface area (Å²) in [7, 11) is 1.62. The Morgan fingerprint density at radius 1 is 1.32 bits per heavy atom. The van der Waals surface area contributed by atoms with Crippen LogP contribution in [0.1, 0.15) is 22.3 Å². The number of rotatable bonds is 6. The van der Waals surface area contributed by atoms with Gasteiger partial charge < -0.3 is 15.8 Å². The minimum atomic E-state index is -0.274. The largest absolute Gasteiger partial charge is 0.385 e. The van der Waals surface area contributed by atoms with E-state index in [1.54, 1.807) is 7.11 Å². The molecule has 0 aliphatic heterocycles. The zero-order valence-corrected chi connectivity index (χ0v) is 12.8. The maximum Gasteiger partial charge on any atom is 0.256 e. The summed E-state index contributed by atoms with van der Waals surface area (Å²) in [6.45, 7) is 3.13. The molecule has 1 amide bonds. The van der Waals surface area contributed by atoms with Crippen LogP contribution in [0.15, 0.2) is 30.5 Å². The highest BCUT2D eigenvalue weighted by Gasteiger charge is 2.12. The predicted molar refractivity (Wildman–Crippen MR) is 85.4 cm³/mol. The number of nitrogen functional groups attached to an aromatic ring is 1. The van der Waals surface area contributed by atoms with Gasteiger partial charge in [0, 0.05) is 32.0 Å². The molecule has 22 heavy (non-hydrogen) atoms. The van der Waals surface area contributed by atoms with Crippen molar-refractivity contribution in [2.24, 2.45) is 0 Å². The molecule has 0 saturated carbocycles. The summed E-state index contributed by atoms with van der Waals surface area (Å²) in [5, 5.41) is 2.76. The van der Waals surface area contributed by atoms with Crippen LogP contribution in [0.2, 0.25) is 0 Å². The molecule has 6 nitrogen and oxygen atoms in total. The highest BCUT2D eigenvalue weighted by atomic mass is 16.5. The molecule has 1 aromatic heterocycles. The lowest BCUT2D eigenvalue weighted by Crippen LogP contribution is -2.26. The maximum atomic E-state index is 12.0. The fraction of sp³-hybridized carbons (Fsp3) is 0.312. The Morgan fingerprint density at radius 2 is 2.05 bits per heavy atom. The third kappa shape index (κ3) is 4.02. The molecule has 1 aromatic carbocycles. The van der Waals surface area contributed by atoms with E-state index in [0.717, 1.165) is 17.5 Å². The third-order valence-electron chi connectivity index (χ3n) is 3.18. The number of carbonyl (C=O) groups is 1. The van der Waals surface area contributed by atoms with E-state index in [4.69, 9.17) is 10.5 Å². The summed E-state index contributed by atoms with van der Waals surface area (Å²) in [6.07, 6.45) is 2.20. The Labute approximate surface area is 129 Å². The maximum absolute atomic E-state index is 12.0. The van der Waals surface area contributed by atoms with Crippen LogP contribution in [0.3, 0.4) is 0 Å². The fourth-order valence-electron chi connectivity index (χ4n) is 1.93. The number of hydrogen-bond acceptors (Lipinski definition) is 5. The highest BCUT2D eigenvalue weighted by molar-refractivity contribution is 5.98. The van der Waals surface area contributed by atoms with E-state index >= 15 is 0 Å². The van der Waals surface area contributed by atoms with Crippen molar-refractivity contribution in [1.29, 1.82) is 0 Å². The van der Waals surface area contributed by atoms with Crippen LogP contribution in [-0.2, 0) is 4.74 Å². The van der Waals surface area contributed by atoms with Gasteiger partial charge in [-0.25, -0.2) is 9.97 Å². The van der Waals surface area contributed by atoms with Crippen molar-refractivity contribution >= 4 is 11.7 Å². The molecule has 0 saturated heterocycles. The molecule has 0 radical (unpaired) electrons. The highest BCUT2D eigenvalue weighted by Crippen LogP contribution is 2.18. The van der Waals surface area contributed by atoms with Crippen LogP contribution in [0.4, 0.5) is 5.82 Å². The van der Waals surface area contributed by atoms with E-state index in [9.17, 15) is 4.79 Å². The van der Waals surface area contributed by atoms with Crippen LogP contribution in [0.5, 0.6) is 0 Å². The second-order valence-corrected chi connectivity index (χ2v) is 4.96. The summed E-state index contributed by atoms with van der Waals surface area (Å²) in [5.74, 6) is 0.410. The molecular weight excluding hydrogens is 280 g/mol. The van der Waals surface area contributed by atoms with Gasteiger partial charge in [0.25, 0.3) is 5.91 Å². The van der Waals surface area contributed by atoms with Gasteiger partial charge >= 0.3 is 0 Å². The number of ether oxygens (including phenoxy) is 1. The minimum absolute atomic E-state index is 0.176. The molecule has 6 heteroatoms. The fourth-order valence-corrected chi connectivity index (χ4v) is 1.93. The van der Waals surface area contributed by atoms with Gasteiger partial charge in [-0.1, -0.05) is 29.8 Å². The quantitative estimate of drug-likeness (QED) is 0.794. The van der Waals surface area contributed by atoms with Crippen LogP contribution in [0.25, 0.3) is 11.4 Å². The van der Waals surface area contributed by atoms with Gasteiger partial charge in [-0.05, 0) is 13.3 Å². The first-order valence-corrected chi connectivity index (χ1v) is 7.08. The molecule has 0 atom stereocenters. The monoisotopic (exact) mass is 300 g/mol. The topological polar surface area (TPSA) is 90.1 Å². The van der Waals surface area contributed by atoms with Crippen molar-refractivity contribution in [1.82, 2.24) is 15.3 Å². The summed E-state index contributed by atoms with van der Waals surface area (Å²) in [5.41, 5.74) is 8.19. The first-order valence-electron chi connectivity index (χ1n) is 7.08. The number of nitrogens with zero attached hydrogens (tertiary/aromatic N) is 2. The van der Waals surface area contributed by atoms with Crippen LogP contribution in [-0.4, -0.2) is 36.1 Å². The summed E-state index contributed by atoms with van der Waals surface area (Å²) < 4.78 is 4.93. The van der Waals surface area contributed by atoms with Crippen molar-refractivity contribution in [2.75, 3.05) is 26.0 Å². The van der Waals surface area contributed by atoms with Gasteiger partial charge in [0.15, 0.2) is 5.82 Å². The first-order chi connectivity index (χ1) is 10.6. The Bertz CT molecular complexity index is 641. The zero-order valence-electron chi connectivity index (χ0n) is 12.8. The van der Waals surface area contributed by atoms with Crippen LogP contribution >= 0.6 is 0 Å². The molecule has 0 fully saturated rings. The van der Waals surface area contributed by atoms with Crippen molar-refractivity contribution in [3.63, 3.8) is 0 Å². The molecule has 0 bridgehead atoms. The SMILES string of the molecule is COCCCNC(=O)c1cnc(-c2ccc(C)cc2)nc1N. The number of aromatic nitrogens is 2. The van der Waals surface area contributed by atoms with Gasteiger partial charge in [-0.2, -0.15) is 0 Å². The molecule has 3 N–H and O–H groups in total. The third-order valence-corrected chi connectivity index (χ3v) is 3.18. The van der Waals surface area contributed by atoms with Crippen molar-refractivity contribution in [2.45, 2.75) is 13.3 Å². The number of nitrogens with two attached hydrogens (primary N) is 1. The second-order valence-electron chi connectivity index (χ2n) is 4.96. The van der Waals surface area contributed by atoms with E-state index in [2.05, 4.69) is 15.3 Å². The normalized spacial score (nSPS) is 10.5. The molecule has 0 unspecified atom stereocenters.